The van der Waals surface area contributed by atoms with E-state index in [9.17, 15) is 9.90 Å². The summed E-state index contributed by atoms with van der Waals surface area (Å²) in [6, 6.07) is 13.1. The number of allylic oxidation sites excluding steroid dienone is 1. The van der Waals surface area contributed by atoms with Crippen molar-refractivity contribution >= 4 is 34.8 Å². The molecule has 3 atom stereocenters. The number of halogens is 2. The summed E-state index contributed by atoms with van der Waals surface area (Å²) in [5.41, 5.74) is 4.52. The van der Waals surface area contributed by atoms with Gasteiger partial charge >= 0.3 is 0 Å². The molecule has 2 aromatic rings. The lowest BCUT2D eigenvalue weighted by atomic mass is 9.61. The van der Waals surface area contributed by atoms with Crippen LogP contribution in [0.1, 0.15) is 44.2 Å². The molecule has 1 heterocycles. The third kappa shape index (κ3) is 3.22. The van der Waals surface area contributed by atoms with Crippen molar-refractivity contribution in [2.75, 3.05) is 5.32 Å². The first kappa shape index (κ1) is 20.2. The summed E-state index contributed by atoms with van der Waals surface area (Å²) in [6.07, 6.45) is 1.72. The quantitative estimate of drug-likeness (QED) is 0.615. The summed E-state index contributed by atoms with van der Waals surface area (Å²) in [6.45, 7) is 6.02. The Labute approximate surface area is 181 Å². The van der Waals surface area contributed by atoms with Crippen LogP contribution in [-0.2, 0) is 10.2 Å². The van der Waals surface area contributed by atoms with Crippen molar-refractivity contribution in [1.82, 2.24) is 0 Å². The lowest BCUT2D eigenvalue weighted by molar-refractivity contribution is -0.120. The van der Waals surface area contributed by atoms with Gasteiger partial charge in [-0.25, -0.2) is 0 Å². The average molecular weight is 428 g/mol. The Bertz CT molecular complexity index is 1070. The zero-order chi connectivity index (χ0) is 20.9. The highest BCUT2D eigenvalue weighted by Gasteiger charge is 2.54. The van der Waals surface area contributed by atoms with Crippen LogP contribution in [0.5, 0.6) is 0 Å². The van der Waals surface area contributed by atoms with Crippen LogP contribution in [0.3, 0.4) is 0 Å². The van der Waals surface area contributed by atoms with Crippen molar-refractivity contribution in [2.45, 2.75) is 44.6 Å². The fraction of sp³-hybridized carbons (Fsp3) is 0.292. The Morgan fingerprint density at radius 3 is 2.52 bits per heavy atom. The first-order chi connectivity index (χ1) is 13.7. The number of amides is 1. The number of hydrogen-bond donors (Lipinski definition) is 2. The second-order valence-electron chi connectivity index (χ2n) is 8.10. The van der Waals surface area contributed by atoms with E-state index in [0.29, 0.717) is 16.5 Å². The number of carbonyl (C=O) groups excluding carboxylic acids is 1. The van der Waals surface area contributed by atoms with E-state index in [1.54, 1.807) is 6.07 Å². The van der Waals surface area contributed by atoms with E-state index >= 15 is 0 Å². The van der Waals surface area contributed by atoms with Crippen molar-refractivity contribution in [2.24, 2.45) is 0 Å². The van der Waals surface area contributed by atoms with Crippen molar-refractivity contribution in [1.29, 1.82) is 0 Å². The Morgan fingerprint density at radius 1 is 1.10 bits per heavy atom. The van der Waals surface area contributed by atoms with Gasteiger partial charge in [-0.15, -0.1) is 0 Å². The highest BCUT2D eigenvalue weighted by Crippen LogP contribution is 2.54. The lowest BCUT2D eigenvalue weighted by Crippen LogP contribution is -2.44. The second-order valence-corrected chi connectivity index (χ2v) is 8.97. The largest absolute Gasteiger partial charge is 0.388 e. The third-order valence-electron chi connectivity index (χ3n) is 6.24. The predicted molar refractivity (Wildman–Crippen MR) is 119 cm³/mol. The van der Waals surface area contributed by atoms with Crippen LogP contribution in [0.2, 0.25) is 10.0 Å². The van der Waals surface area contributed by atoms with Gasteiger partial charge in [0.2, 0.25) is 5.91 Å². The molecule has 1 spiro atoms. The molecule has 2 aromatic carbocycles. The van der Waals surface area contributed by atoms with Crippen LogP contribution in [-0.4, -0.2) is 17.1 Å². The zero-order valence-corrected chi connectivity index (χ0v) is 18.1. The van der Waals surface area contributed by atoms with Gasteiger partial charge in [0.15, 0.2) is 0 Å². The van der Waals surface area contributed by atoms with E-state index in [1.807, 2.05) is 63.2 Å². The Morgan fingerprint density at radius 2 is 1.83 bits per heavy atom. The van der Waals surface area contributed by atoms with Crippen LogP contribution in [0.15, 0.2) is 65.3 Å². The summed E-state index contributed by atoms with van der Waals surface area (Å²) >= 11 is 12.5. The number of nitrogens with one attached hydrogen (secondary N) is 1. The van der Waals surface area contributed by atoms with Gasteiger partial charge in [-0.1, -0.05) is 53.1 Å². The molecule has 0 fully saturated rings. The molecular formula is C24H23Cl2NO2. The number of fused-ring (bicyclic) bond motifs is 2. The molecule has 3 nitrogen and oxygen atoms in total. The fourth-order valence-electron chi connectivity index (χ4n) is 4.57. The molecule has 2 aliphatic rings. The summed E-state index contributed by atoms with van der Waals surface area (Å²) in [5, 5.41) is 15.2. The summed E-state index contributed by atoms with van der Waals surface area (Å²) in [4.78, 5) is 13.5. The molecule has 1 aliphatic heterocycles. The maximum absolute atomic E-state index is 13.5. The molecule has 2 N–H and O–H groups in total. The van der Waals surface area contributed by atoms with Crippen molar-refractivity contribution < 1.29 is 9.90 Å². The number of aliphatic hydroxyl groups is 1. The standard InChI is InChI=1S/C24H23Cl2NO2/c1-13(2)14(3)18-12-24(19-8-7-17(26)10-21(19)27-23(24)29)20(11-22(18)28)15-5-4-6-16(25)9-15/h4-10,12,20,22,28H,11H2,1-3H3,(H,27,29)/t20-,22-,24-/m0/s1. The number of rotatable bonds is 2. The van der Waals surface area contributed by atoms with Gasteiger partial charge in [-0.3, -0.25) is 4.79 Å². The summed E-state index contributed by atoms with van der Waals surface area (Å²) in [5.74, 6) is -0.363. The lowest BCUT2D eigenvalue weighted by Gasteiger charge is -2.41. The minimum atomic E-state index is -0.935. The predicted octanol–water partition coefficient (Wildman–Crippen LogP) is 6.01. The molecule has 0 bridgehead atoms. The van der Waals surface area contributed by atoms with Gasteiger partial charge in [0.25, 0.3) is 0 Å². The van der Waals surface area contributed by atoms with E-state index in [4.69, 9.17) is 23.2 Å². The van der Waals surface area contributed by atoms with Crippen LogP contribution < -0.4 is 5.32 Å². The third-order valence-corrected chi connectivity index (χ3v) is 6.71. The molecule has 4 rings (SSSR count). The van der Waals surface area contributed by atoms with E-state index in [2.05, 4.69) is 5.32 Å². The van der Waals surface area contributed by atoms with Crippen LogP contribution in [0.25, 0.3) is 0 Å². The molecule has 1 amide bonds. The minimum absolute atomic E-state index is 0.106. The maximum Gasteiger partial charge on any atom is 0.239 e. The fourth-order valence-corrected chi connectivity index (χ4v) is 4.94. The maximum atomic E-state index is 13.5. The van der Waals surface area contributed by atoms with Gasteiger partial charge < -0.3 is 10.4 Å². The highest BCUT2D eigenvalue weighted by atomic mass is 35.5. The molecular weight excluding hydrogens is 405 g/mol. The number of hydrogen-bond acceptors (Lipinski definition) is 2. The molecule has 0 radical (unpaired) electrons. The van der Waals surface area contributed by atoms with Crippen LogP contribution >= 0.6 is 23.2 Å². The van der Waals surface area contributed by atoms with Crippen molar-refractivity contribution in [3.63, 3.8) is 0 Å². The first-order valence-corrected chi connectivity index (χ1v) is 10.4. The monoisotopic (exact) mass is 427 g/mol. The molecule has 0 saturated heterocycles. The van der Waals surface area contributed by atoms with Gasteiger partial charge in [-0.05, 0) is 73.7 Å². The van der Waals surface area contributed by atoms with Gasteiger partial charge in [-0.2, -0.15) is 0 Å². The van der Waals surface area contributed by atoms with Crippen molar-refractivity contribution in [3.8, 4) is 0 Å². The van der Waals surface area contributed by atoms with E-state index < -0.39 is 11.5 Å². The normalized spacial score (nSPS) is 25.4. The summed E-state index contributed by atoms with van der Waals surface area (Å²) < 4.78 is 0. The van der Waals surface area contributed by atoms with Gasteiger partial charge in [0.1, 0.15) is 5.41 Å². The average Bonchev–Trinajstić information content (AvgIpc) is 2.93. The molecule has 0 unspecified atom stereocenters. The molecule has 29 heavy (non-hydrogen) atoms. The van der Waals surface area contributed by atoms with E-state index in [0.717, 1.165) is 33.5 Å². The number of carbonyl (C=O) groups is 1. The summed E-state index contributed by atoms with van der Waals surface area (Å²) in [7, 11) is 0. The van der Waals surface area contributed by atoms with Crippen molar-refractivity contribution in [3.05, 3.63) is 86.4 Å². The van der Waals surface area contributed by atoms with Crippen LogP contribution in [0.4, 0.5) is 5.69 Å². The van der Waals surface area contributed by atoms with E-state index in [-0.39, 0.29) is 11.8 Å². The number of anilines is 1. The molecule has 0 aromatic heterocycles. The van der Waals surface area contributed by atoms with E-state index in [1.165, 1.54) is 0 Å². The van der Waals surface area contributed by atoms with Gasteiger partial charge in [0, 0.05) is 21.7 Å². The smallest absolute Gasteiger partial charge is 0.239 e. The Kier molecular flexibility index (Phi) is 5.10. The molecule has 5 heteroatoms. The van der Waals surface area contributed by atoms with Gasteiger partial charge in [0.05, 0.1) is 6.10 Å². The molecule has 0 saturated carbocycles. The second kappa shape index (κ2) is 7.32. The number of benzene rings is 2. The zero-order valence-electron chi connectivity index (χ0n) is 16.6. The Hall–Kier alpha value is -2.07. The molecule has 1 aliphatic carbocycles. The topological polar surface area (TPSA) is 49.3 Å². The molecule has 150 valence electrons. The Balaban J connectivity index is 2.02. The van der Waals surface area contributed by atoms with Crippen LogP contribution in [0, 0.1) is 0 Å². The SMILES string of the molecule is CC(C)=C(C)C1=C[C@@]2(C(=O)Nc3cc(Cl)ccc32)[C@H](c2cccc(Cl)c2)C[C@@H]1O. The first-order valence-electron chi connectivity index (χ1n) is 9.66. The minimum Gasteiger partial charge on any atom is -0.388 e. The highest BCUT2D eigenvalue weighted by molar-refractivity contribution is 6.31. The number of aliphatic hydroxyl groups excluding tert-OH is 1.